The molecule has 11 heteroatoms. The van der Waals surface area contributed by atoms with E-state index in [1.165, 1.54) is 6.07 Å². The number of carbonyl (C=O) groups excluding carboxylic acids is 2. The van der Waals surface area contributed by atoms with Crippen molar-refractivity contribution >= 4 is 17.6 Å². The summed E-state index contributed by atoms with van der Waals surface area (Å²) in [6, 6.07) is 5.12. The van der Waals surface area contributed by atoms with Crippen LogP contribution >= 0.6 is 0 Å². The Kier molecular flexibility index (Phi) is 3.93. The smallest absolute Gasteiger partial charge is 0.428 e. The van der Waals surface area contributed by atoms with Crippen LogP contribution in [-0.4, -0.2) is 28.9 Å². The maximum absolute atomic E-state index is 13.0. The van der Waals surface area contributed by atoms with Gasteiger partial charge in [0.05, 0.1) is 16.8 Å². The Labute approximate surface area is 142 Å². The predicted molar refractivity (Wildman–Crippen MR) is 79.8 cm³/mol. The highest BCUT2D eigenvalue weighted by atomic mass is 19.3. The zero-order valence-electron chi connectivity index (χ0n) is 12.6. The molecule has 0 unspecified atom stereocenters. The minimum Gasteiger partial charge on any atom is -0.428 e. The first-order chi connectivity index (χ1) is 12.1. The SMILES string of the molecule is Nc1c2c(cc(=O)n1-c1cccc(OC(F)(F)C(F)F)c1)C(=O)NC2=O. The van der Waals surface area contributed by atoms with Crippen LogP contribution in [0.15, 0.2) is 35.1 Å². The molecule has 2 amide bonds. The fourth-order valence-corrected chi connectivity index (χ4v) is 2.43. The van der Waals surface area contributed by atoms with E-state index in [4.69, 9.17) is 5.73 Å². The van der Waals surface area contributed by atoms with Crippen LogP contribution in [0.4, 0.5) is 23.4 Å². The summed E-state index contributed by atoms with van der Waals surface area (Å²) in [6.07, 6.45) is -8.80. The van der Waals surface area contributed by atoms with Gasteiger partial charge in [-0.1, -0.05) is 6.07 Å². The first kappa shape index (κ1) is 17.5. The number of pyridine rings is 1. The number of benzene rings is 1. The molecule has 2 heterocycles. The monoisotopic (exact) mass is 371 g/mol. The van der Waals surface area contributed by atoms with Crippen LogP contribution in [0.3, 0.4) is 0 Å². The van der Waals surface area contributed by atoms with E-state index in [0.29, 0.717) is 0 Å². The van der Waals surface area contributed by atoms with Crippen molar-refractivity contribution in [2.24, 2.45) is 0 Å². The number of ether oxygens (including phenoxy) is 1. The number of hydrogen-bond acceptors (Lipinski definition) is 5. The quantitative estimate of drug-likeness (QED) is 0.627. The van der Waals surface area contributed by atoms with E-state index in [-0.39, 0.29) is 16.8 Å². The molecular formula is C15H9F4N3O4. The third kappa shape index (κ3) is 2.76. The van der Waals surface area contributed by atoms with Gasteiger partial charge in [-0.2, -0.15) is 17.6 Å². The molecule has 0 saturated carbocycles. The normalized spacial score (nSPS) is 13.7. The van der Waals surface area contributed by atoms with Gasteiger partial charge in [-0.25, -0.2) is 0 Å². The number of amides is 2. The Morgan fingerprint density at radius 3 is 2.46 bits per heavy atom. The van der Waals surface area contributed by atoms with Crippen molar-refractivity contribution in [2.75, 3.05) is 5.73 Å². The number of carbonyl (C=O) groups is 2. The zero-order chi connectivity index (χ0) is 19.2. The Balaban J connectivity index is 2.10. The van der Waals surface area contributed by atoms with Crippen LogP contribution in [0.2, 0.25) is 0 Å². The van der Waals surface area contributed by atoms with Gasteiger partial charge in [-0.05, 0) is 12.1 Å². The number of rotatable bonds is 4. The van der Waals surface area contributed by atoms with Crippen LogP contribution < -0.4 is 21.3 Å². The summed E-state index contributed by atoms with van der Waals surface area (Å²) in [7, 11) is 0. The molecule has 0 bridgehead atoms. The number of imide groups is 1. The van der Waals surface area contributed by atoms with Gasteiger partial charge in [0, 0.05) is 12.1 Å². The summed E-state index contributed by atoms with van der Waals surface area (Å²) in [5.41, 5.74) is 4.37. The lowest BCUT2D eigenvalue weighted by Crippen LogP contribution is -2.33. The van der Waals surface area contributed by atoms with Crippen LogP contribution in [0.5, 0.6) is 5.75 Å². The highest BCUT2D eigenvalue weighted by molar-refractivity contribution is 6.23. The fraction of sp³-hybridized carbons (Fsp3) is 0.133. The second-order valence-electron chi connectivity index (χ2n) is 5.24. The van der Waals surface area contributed by atoms with Crippen molar-refractivity contribution in [3.05, 3.63) is 51.8 Å². The molecule has 1 aliphatic heterocycles. The number of nitrogens with zero attached hydrogens (tertiary/aromatic N) is 1. The second-order valence-corrected chi connectivity index (χ2v) is 5.24. The Morgan fingerprint density at radius 1 is 1.12 bits per heavy atom. The molecule has 0 saturated heterocycles. The molecular weight excluding hydrogens is 362 g/mol. The number of anilines is 1. The van der Waals surface area contributed by atoms with Crippen molar-refractivity contribution < 1.29 is 31.9 Å². The number of nitrogen functional groups attached to an aromatic ring is 1. The molecule has 1 aromatic heterocycles. The molecule has 0 aliphatic carbocycles. The van der Waals surface area contributed by atoms with E-state index in [0.717, 1.165) is 28.8 Å². The lowest BCUT2D eigenvalue weighted by atomic mass is 10.1. The average Bonchev–Trinajstić information content (AvgIpc) is 2.81. The Morgan fingerprint density at radius 2 is 1.81 bits per heavy atom. The van der Waals surface area contributed by atoms with Gasteiger partial charge in [0.1, 0.15) is 11.6 Å². The van der Waals surface area contributed by atoms with Crippen molar-refractivity contribution in [3.63, 3.8) is 0 Å². The third-order valence-electron chi connectivity index (χ3n) is 3.54. The van der Waals surface area contributed by atoms with Crippen molar-refractivity contribution in [2.45, 2.75) is 12.5 Å². The van der Waals surface area contributed by atoms with E-state index >= 15 is 0 Å². The fourth-order valence-electron chi connectivity index (χ4n) is 2.43. The van der Waals surface area contributed by atoms with Crippen LogP contribution in [0.25, 0.3) is 5.69 Å². The van der Waals surface area contributed by atoms with Crippen LogP contribution in [0, 0.1) is 0 Å². The Bertz CT molecular complexity index is 987. The highest BCUT2D eigenvalue weighted by Crippen LogP contribution is 2.29. The lowest BCUT2D eigenvalue weighted by molar-refractivity contribution is -0.253. The molecule has 26 heavy (non-hydrogen) atoms. The summed E-state index contributed by atoms with van der Waals surface area (Å²) in [5.74, 6) is -2.68. The standard InChI is InChI=1S/C15H9F4N3O4/c16-14(17)15(18,19)26-7-3-1-2-6(4-7)22-9(23)5-8-10(11(22)20)13(25)21-12(8)24/h1-5,14H,20H2,(H,21,24,25). The largest absolute Gasteiger partial charge is 0.461 e. The molecule has 2 aromatic rings. The molecule has 7 nitrogen and oxygen atoms in total. The number of alkyl halides is 4. The summed E-state index contributed by atoms with van der Waals surface area (Å²) in [5, 5.41) is 1.97. The van der Waals surface area contributed by atoms with E-state index in [1.54, 1.807) is 0 Å². The average molecular weight is 371 g/mol. The van der Waals surface area contributed by atoms with E-state index in [9.17, 15) is 31.9 Å². The first-order valence-corrected chi connectivity index (χ1v) is 6.98. The van der Waals surface area contributed by atoms with Gasteiger partial charge < -0.3 is 10.5 Å². The first-order valence-electron chi connectivity index (χ1n) is 6.98. The van der Waals surface area contributed by atoms with Crippen molar-refractivity contribution in [1.82, 2.24) is 9.88 Å². The molecule has 1 aromatic carbocycles. The maximum Gasteiger partial charge on any atom is 0.461 e. The number of fused-ring (bicyclic) bond motifs is 1. The summed E-state index contributed by atoms with van der Waals surface area (Å²) in [6.45, 7) is 0. The lowest BCUT2D eigenvalue weighted by Gasteiger charge is -2.18. The van der Waals surface area contributed by atoms with Crippen LogP contribution in [-0.2, 0) is 0 Å². The van der Waals surface area contributed by atoms with Crippen LogP contribution in [0.1, 0.15) is 20.7 Å². The molecule has 136 valence electrons. The van der Waals surface area contributed by atoms with Gasteiger partial charge in [0.15, 0.2) is 0 Å². The van der Waals surface area contributed by atoms with Crippen molar-refractivity contribution in [1.29, 1.82) is 0 Å². The molecule has 1 aliphatic rings. The molecule has 0 fully saturated rings. The van der Waals surface area contributed by atoms with Gasteiger partial charge >= 0.3 is 12.5 Å². The minimum absolute atomic E-state index is 0.120. The minimum atomic E-state index is -4.74. The van der Waals surface area contributed by atoms with Crippen molar-refractivity contribution in [3.8, 4) is 11.4 Å². The molecule has 3 rings (SSSR count). The summed E-state index contributed by atoms with van der Waals surface area (Å²) >= 11 is 0. The van der Waals surface area contributed by atoms with Gasteiger partial charge in [-0.3, -0.25) is 24.3 Å². The molecule has 0 spiro atoms. The number of nitrogens with one attached hydrogen (secondary N) is 1. The topological polar surface area (TPSA) is 103 Å². The molecule has 0 atom stereocenters. The molecule has 0 radical (unpaired) electrons. The Hall–Kier alpha value is -3.37. The second kappa shape index (κ2) is 5.86. The summed E-state index contributed by atoms with van der Waals surface area (Å²) < 4.78 is 55.3. The maximum atomic E-state index is 13.0. The van der Waals surface area contributed by atoms with Gasteiger partial charge in [0.25, 0.3) is 17.4 Å². The molecule has 3 N–H and O–H groups in total. The highest BCUT2D eigenvalue weighted by Gasteiger charge is 2.44. The third-order valence-corrected chi connectivity index (χ3v) is 3.54. The summed E-state index contributed by atoms with van der Waals surface area (Å²) in [4.78, 5) is 35.6. The van der Waals surface area contributed by atoms with Gasteiger partial charge in [0.2, 0.25) is 0 Å². The van der Waals surface area contributed by atoms with E-state index < -0.39 is 41.5 Å². The number of nitrogens with two attached hydrogens (primary N) is 1. The zero-order valence-corrected chi connectivity index (χ0v) is 12.6. The number of aromatic nitrogens is 1. The number of halogens is 4. The van der Waals surface area contributed by atoms with E-state index in [2.05, 4.69) is 4.74 Å². The predicted octanol–water partition coefficient (Wildman–Crippen LogP) is 1.54. The van der Waals surface area contributed by atoms with E-state index in [1.807, 2.05) is 5.32 Å². The number of hydrogen-bond donors (Lipinski definition) is 2. The van der Waals surface area contributed by atoms with Gasteiger partial charge in [-0.15, -0.1) is 0 Å².